The first-order chi connectivity index (χ1) is 6.86. The standard InChI is InChI=1S/C8H12N4OS.ClH/c13-8(7-5-14-12-11-7)10-6-2-1-3-9-4-6;/h5-6,9H,1-4H2,(H,10,13);1H/t6-;/m1./s1. The lowest BCUT2D eigenvalue weighted by atomic mass is 10.1. The van der Waals surface area contributed by atoms with E-state index < -0.39 is 0 Å². The fourth-order valence-electron chi connectivity index (χ4n) is 1.50. The number of carbonyl (C=O) groups excluding carboxylic acids is 1. The largest absolute Gasteiger partial charge is 0.347 e. The molecule has 0 spiro atoms. The van der Waals surface area contributed by atoms with Crippen LogP contribution in [0, 0.1) is 0 Å². The number of halogens is 1. The molecule has 1 aromatic rings. The van der Waals surface area contributed by atoms with E-state index in [1.165, 1.54) is 11.5 Å². The molecule has 0 aliphatic carbocycles. The van der Waals surface area contributed by atoms with Crippen molar-refractivity contribution < 1.29 is 4.79 Å². The zero-order valence-corrected chi connectivity index (χ0v) is 9.74. The molecule has 1 fully saturated rings. The van der Waals surface area contributed by atoms with Gasteiger partial charge in [-0.25, -0.2) is 0 Å². The van der Waals surface area contributed by atoms with E-state index in [4.69, 9.17) is 0 Å². The van der Waals surface area contributed by atoms with Gasteiger partial charge in [-0.05, 0) is 30.9 Å². The Kier molecular flexibility index (Phi) is 4.93. The quantitative estimate of drug-likeness (QED) is 0.797. The van der Waals surface area contributed by atoms with E-state index in [1.54, 1.807) is 5.38 Å². The molecule has 2 heterocycles. The second-order valence-electron chi connectivity index (χ2n) is 3.31. The first kappa shape index (κ1) is 12.4. The molecule has 2 rings (SSSR count). The second-order valence-corrected chi connectivity index (χ2v) is 3.92. The Morgan fingerprint density at radius 2 is 2.53 bits per heavy atom. The molecular weight excluding hydrogens is 236 g/mol. The third-order valence-electron chi connectivity index (χ3n) is 2.22. The number of carbonyl (C=O) groups is 1. The Balaban J connectivity index is 0.00000112. The highest BCUT2D eigenvalue weighted by atomic mass is 35.5. The van der Waals surface area contributed by atoms with Gasteiger partial charge in [-0.2, -0.15) is 0 Å². The molecule has 7 heteroatoms. The van der Waals surface area contributed by atoms with Gasteiger partial charge in [0.2, 0.25) is 0 Å². The zero-order chi connectivity index (χ0) is 9.80. The number of nitrogens with zero attached hydrogens (tertiary/aromatic N) is 2. The Morgan fingerprint density at radius 3 is 3.13 bits per heavy atom. The number of amides is 1. The lowest BCUT2D eigenvalue weighted by Gasteiger charge is -2.23. The summed E-state index contributed by atoms with van der Waals surface area (Å²) in [5.41, 5.74) is 0.417. The first-order valence-electron chi connectivity index (χ1n) is 4.65. The van der Waals surface area contributed by atoms with Gasteiger partial charge in [0.1, 0.15) is 0 Å². The van der Waals surface area contributed by atoms with Crippen LogP contribution in [0.2, 0.25) is 0 Å². The molecule has 0 saturated carbocycles. The van der Waals surface area contributed by atoms with Crippen molar-refractivity contribution in [2.24, 2.45) is 0 Å². The van der Waals surface area contributed by atoms with Crippen LogP contribution in [0.3, 0.4) is 0 Å². The molecule has 5 nitrogen and oxygen atoms in total. The highest BCUT2D eigenvalue weighted by Crippen LogP contribution is 2.03. The number of piperidine rings is 1. The maximum atomic E-state index is 11.5. The number of rotatable bonds is 2. The highest BCUT2D eigenvalue weighted by molar-refractivity contribution is 7.03. The lowest BCUT2D eigenvalue weighted by Crippen LogP contribution is -2.45. The van der Waals surface area contributed by atoms with Crippen LogP contribution < -0.4 is 10.6 Å². The van der Waals surface area contributed by atoms with E-state index in [-0.39, 0.29) is 24.4 Å². The maximum Gasteiger partial charge on any atom is 0.272 e. The molecule has 84 valence electrons. The molecule has 1 aromatic heterocycles. The second kappa shape index (κ2) is 5.99. The third-order valence-corrected chi connectivity index (χ3v) is 2.73. The van der Waals surface area contributed by atoms with Crippen molar-refractivity contribution in [2.75, 3.05) is 13.1 Å². The number of hydrogen-bond donors (Lipinski definition) is 2. The van der Waals surface area contributed by atoms with Gasteiger partial charge in [-0.1, -0.05) is 4.49 Å². The molecular formula is C8H13ClN4OS. The molecule has 1 atom stereocenters. The molecule has 1 amide bonds. The van der Waals surface area contributed by atoms with Crippen molar-refractivity contribution in [3.63, 3.8) is 0 Å². The highest BCUT2D eigenvalue weighted by Gasteiger charge is 2.17. The summed E-state index contributed by atoms with van der Waals surface area (Å²) in [5.74, 6) is -0.118. The van der Waals surface area contributed by atoms with Crippen molar-refractivity contribution in [1.82, 2.24) is 20.2 Å². The lowest BCUT2D eigenvalue weighted by molar-refractivity contribution is 0.0925. The fourth-order valence-corrected chi connectivity index (χ4v) is 1.93. The molecule has 0 radical (unpaired) electrons. The van der Waals surface area contributed by atoms with Crippen molar-refractivity contribution in [1.29, 1.82) is 0 Å². The minimum atomic E-state index is -0.118. The number of hydrogen-bond acceptors (Lipinski definition) is 5. The first-order valence-corrected chi connectivity index (χ1v) is 5.48. The average molecular weight is 249 g/mol. The number of nitrogens with one attached hydrogen (secondary N) is 2. The summed E-state index contributed by atoms with van der Waals surface area (Å²) in [6.07, 6.45) is 2.15. The van der Waals surface area contributed by atoms with Crippen LogP contribution in [0.1, 0.15) is 23.3 Å². The third kappa shape index (κ3) is 3.40. The van der Waals surface area contributed by atoms with Crippen LogP contribution >= 0.6 is 23.9 Å². The van der Waals surface area contributed by atoms with Gasteiger partial charge in [-0.3, -0.25) is 4.79 Å². The van der Waals surface area contributed by atoms with Crippen molar-refractivity contribution in [3.8, 4) is 0 Å². The molecule has 1 aliphatic rings. The van der Waals surface area contributed by atoms with Crippen molar-refractivity contribution >= 4 is 29.8 Å². The van der Waals surface area contributed by atoms with Crippen LogP contribution in [-0.2, 0) is 0 Å². The Labute approximate surface area is 98.2 Å². The summed E-state index contributed by atoms with van der Waals surface area (Å²) >= 11 is 1.19. The maximum absolute atomic E-state index is 11.5. The summed E-state index contributed by atoms with van der Waals surface area (Å²) in [6.45, 7) is 1.90. The van der Waals surface area contributed by atoms with E-state index in [1.807, 2.05) is 0 Å². The van der Waals surface area contributed by atoms with Gasteiger partial charge in [0.05, 0.1) is 0 Å². The Bertz CT molecular complexity index is 300. The van der Waals surface area contributed by atoms with Crippen LogP contribution in [-0.4, -0.2) is 34.6 Å². The summed E-state index contributed by atoms with van der Waals surface area (Å²) in [4.78, 5) is 11.5. The normalized spacial score (nSPS) is 20.4. The minimum absolute atomic E-state index is 0. The number of aromatic nitrogens is 2. The average Bonchev–Trinajstić information content (AvgIpc) is 2.72. The molecule has 0 bridgehead atoms. The summed E-state index contributed by atoms with van der Waals surface area (Å²) < 4.78 is 3.65. The van der Waals surface area contributed by atoms with Crippen molar-refractivity contribution in [2.45, 2.75) is 18.9 Å². The molecule has 1 aliphatic heterocycles. The summed E-state index contributed by atoms with van der Waals surface area (Å²) in [5, 5.41) is 11.5. The van der Waals surface area contributed by atoms with Gasteiger partial charge in [-0.15, -0.1) is 17.5 Å². The smallest absolute Gasteiger partial charge is 0.272 e. The van der Waals surface area contributed by atoms with Gasteiger partial charge in [0.15, 0.2) is 5.69 Å². The predicted octanol–water partition coefficient (Wildman–Crippen LogP) is 0.442. The van der Waals surface area contributed by atoms with E-state index in [2.05, 4.69) is 20.2 Å². The molecule has 2 N–H and O–H groups in total. The van der Waals surface area contributed by atoms with Gasteiger partial charge in [0, 0.05) is 18.0 Å². The van der Waals surface area contributed by atoms with E-state index in [0.717, 1.165) is 25.9 Å². The topological polar surface area (TPSA) is 66.9 Å². The Morgan fingerprint density at radius 1 is 1.67 bits per heavy atom. The predicted molar refractivity (Wildman–Crippen MR) is 60.5 cm³/mol. The van der Waals surface area contributed by atoms with Crippen LogP contribution in [0.5, 0.6) is 0 Å². The van der Waals surface area contributed by atoms with Crippen LogP contribution in [0.15, 0.2) is 5.38 Å². The van der Waals surface area contributed by atoms with E-state index >= 15 is 0 Å². The molecule has 1 saturated heterocycles. The van der Waals surface area contributed by atoms with Gasteiger partial charge >= 0.3 is 0 Å². The van der Waals surface area contributed by atoms with Gasteiger partial charge < -0.3 is 10.6 Å². The zero-order valence-electron chi connectivity index (χ0n) is 8.10. The van der Waals surface area contributed by atoms with E-state index in [9.17, 15) is 4.79 Å². The van der Waals surface area contributed by atoms with Crippen molar-refractivity contribution in [3.05, 3.63) is 11.1 Å². The molecule has 0 aromatic carbocycles. The summed E-state index contributed by atoms with van der Waals surface area (Å²) in [6, 6.07) is 0.234. The fraction of sp³-hybridized carbons (Fsp3) is 0.625. The minimum Gasteiger partial charge on any atom is -0.347 e. The Hall–Kier alpha value is -0.720. The summed E-state index contributed by atoms with van der Waals surface area (Å²) in [7, 11) is 0. The van der Waals surface area contributed by atoms with E-state index in [0.29, 0.717) is 5.69 Å². The SMILES string of the molecule is Cl.O=C(N[C@@H]1CCCNC1)c1csnn1. The molecule has 15 heavy (non-hydrogen) atoms. The van der Waals surface area contributed by atoms with Crippen LogP contribution in [0.4, 0.5) is 0 Å². The molecule has 0 unspecified atom stereocenters. The monoisotopic (exact) mass is 248 g/mol. The van der Waals surface area contributed by atoms with Gasteiger partial charge in [0.25, 0.3) is 5.91 Å². The van der Waals surface area contributed by atoms with Crippen LogP contribution in [0.25, 0.3) is 0 Å².